The number of nitriles is 1. The SMILES string of the molecule is CCCCn1c(N2CC(C)OC(C)C2)c(/C=C2\SC(=S)N(CCC)C2=O)c(C)c(C#N)c1=O. The van der Waals surface area contributed by atoms with Gasteiger partial charge in [0.15, 0.2) is 0 Å². The summed E-state index contributed by atoms with van der Waals surface area (Å²) in [6.45, 7) is 12.2. The van der Waals surface area contributed by atoms with Gasteiger partial charge in [0, 0.05) is 31.7 Å². The second-order valence-electron chi connectivity index (χ2n) is 8.66. The van der Waals surface area contributed by atoms with Gasteiger partial charge in [0.25, 0.3) is 11.5 Å². The number of morpholine rings is 1. The first-order valence-corrected chi connectivity index (χ1v) is 12.8. The maximum atomic E-state index is 13.4. The number of hydrogen-bond donors (Lipinski definition) is 0. The van der Waals surface area contributed by atoms with Crippen molar-refractivity contribution in [3.05, 3.63) is 31.9 Å². The van der Waals surface area contributed by atoms with Gasteiger partial charge < -0.3 is 9.64 Å². The lowest BCUT2D eigenvalue weighted by molar-refractivity contribution is -0.122. The van der Waals surface area contributed by atoms with E-state index in [1.807, 2.05) is 26.8 Å². The third kappa shape index (κ3) is 5.18. The predicted octanol–water partition coefficient (Wildman–Crippen LogP) is 4.05. The van der Waals surface area contributed by atoms with Crippen molar-refractivity contribution in [2.45, 2.75) is 72.6 Å². The summed E-state index contributed by atoms with van der Waals surface area (Å²) in [6.07, 6.45) is 4.36. The number of carbonyl (C=O) groups is 1. The van der Waals surface area contributed by atoms with E-state index in [0.717, 1.165) is 30.6 Å². The van der Waals surface area contributed by atoms with Gasteiger partial charge in [0.2, 0.25) is 0 Å². The van der Waals surface area contributed by atoms with E-state index in [1.54, 1.807) is 16.4 Å². The van der Waals surface area contributed by atoms with Crippen molar-refractivity contribution < 1.29 is 9.53 Å². The third-order valence-electron chi connectivity index (χ3n) is 5.90. The summed E-state index contributed by atoms with van der Waals surface area (Å²) in [5, 5.41) is 9.81. The number of anilines is 1. The van der Waals surface area contributed by atoms with Crippen molar-refractivity contribution in [1.29, 1.82) is 5.26 Å². The Hall–Kier alpha value is -2.15. The molecule has 2 unspecified atom stereocenters. The Balaban J connectivity index is 2.25. The minimum absolute atomic E-state index is 0.00459. The van der Waals surface area contributed by atoms with Gasteiger partial charge in [0.05, 0.1) is 17.1 Å². The number of unbranched alkanes of at least 4 members (excludes halogenated alkanes) is 1. The first-order chi connectivity index (χ1) is 15.7. The Kier molecular flexibility index (Phi) is 8.38. The van der Waals surface area contributed by atoms with Crippen molar-refractivity contribution in [3.63, 3.8) is 0 Å². The summed E-state index contributed by atoms with van der Waals surface area (Å²) in [5.74, 6) is 0.637. The molecular formula is C24H32N4O3S2. The smallest absolute Gasteiger partial charge is 0.270 e. The van der Waals surface area contributed by atoms with Gasteiger partial charge in [-0.3, -0.25) is 19.1 Å². The van der Waals surface area contributed by atoms with Gasteiger partial charge in [0.1, 0.15) is 21.8 Å². The molecule has 0 aliphatic carbocycles. The Morgan fingerprint density at radius 1 is 1.18 bits per heavy atom. The lowest BCUT2D eigenvalue weighted by atomic mass is 10.0. The van der Waals surface area contributed by atoms with Crippen LogP contribution < -0.4 is 10.5 Å². The molecule has 1 amide bonds. The van der Waals surface area contributed by atoms with Crippen LogP contribution in [0.15, 0.2) is 9.70 Å². The van der Waals surface area contributed by atoms with Crippen molar-refractivity contribution in [2.75, 3.05) is 24.5 Å². The average molecular weight is 489 g/mol. The van der Waals surface area contributed by atoms with Crippen LogP contribution in [0, 0.1) is 18.3 Å². The van der Waals surface area contributed by atoms with Gasteiger partial charge in [-0.25, -0.2) is 0 Å². The number of hydrogen-bond acceptors (Lipinski definition) is 7. The summed E-state index contributed by atoms with van der Waals surface area (Å²) >= 11 is 6.72. The average Bonchev–Trinajstić information content (AvgIpc) is 3.02. The number of thioether (sulfide) groups is 1. The Morgan fingerprint density at radius 3 is 2.42 bits per heavy atom. The molecule has 0 saturated carbocycles. The van der Waals surface area contributed by atoms with Crippen molar-refractivity contribution in [3.8, 4) is 6.07 Å². The molecule has 0 bridgehead atoms. The second-order valence-corrected chi connectivity index (χ2v) is 10.3. The summed E-state index contributed by atoms with van der Waals surface area (Å²) in [7, 11) is 0. The topological polar surface area (TPSA) is 78.6 Å². The molecule has 2 aliphatic rings. The molecule has 33 heavy (non-hydrogen) atoms. The number of carbonyl (C=O) groups excluding carboxylic acids is 1. The summed E-state index contributed by atoms with van der Waals surface area (Å²) in [6, 6.07) is 2.11. The molecular weight excluding hydrogens is 456 g/mol. The molecule has 0 spiro atoms. The lowest BCUT2D eigenvalue weighted by Gasteiger charge is -2.39. The monoisotopic (exact) mass is 488 g/mol. The summed E-state index contributed by atoms with van der Waals surface area (Å²) < 4.78 is 8.19. The van der Waals surface area contributed by atoms with Gasteiger partial charge in [-0.1, -0.05) is 44.2 Å². The lowest BCUT2D eigenvalue weighted by Crippen LogP contribution is -2.48. The van der Waals surface area contributed by atoms with Gasteiger partial charge >= 0.3 is 0 Å². The molecule has 2 fully saturated rings. The number of pyridine rings is 1. The fraction of sp³-hybridized carbons (Fsp3) is 0.583. The molecule has 2 saturated heterocycles. The van der Waals surface area contributed by atoms with Gasteiger partial charge in [-0.15, -0.1) is 0 Å². The normalized spacial score (nSPS) is 22.4. The number of nitrogens with zero attached hydrogens (tertiary/aromatic N) is 4. The minimum Gasteiger partial charge on any atom is -0.372 e. The van der Waals surface area contributed by atoms with Crippen molar-refractivity contribution in [2.24, 2.45) is 0 Å². The molecule has 7 nitrogen and oxygen atoms in total. The zero-order chi connectivity index (χ0) is 24.3. The summed E-state index contributed by atoms with van der Waals surface area (Å²) in [4.78, 5) is 30.7. The van der Waals surface area contributed by atoms with E-state index < -0.39 is 0 Å². The second kappa shape index (κ2) is 10.9. The highest BCUT2D eigenvalue weighted by Crippen LogP contribution is 2.36. The molecule has 1 aromatic heterocycles. The first-order valence-electron chi connectivity index (χ1n) is 11.6. The Bertz CT molecular complexity index is 1060. The maximum absolute atomic E-state index is 13.4. The quantitative estimate of drug-likeness (QED) is 0.423. The largest absolute Gasteiger partial charge is 0.372 e. The molecule has 2 aliphatic heterocycles. The van der Waals surface area contributed by atoms with E-state index in [2.05, 4.69) is 17.9 Å². The van der Waals surface area contributed by atoms with E-state index in [4.69, 9.17) is 17.0 Å². The number of ether oxygens (including phenoxy) is 1. The van der Waals surface area contributed by atoms with Crippen LogP contribution in [0.4, 0.5) is 5.82 Å². The molecule has 0 aromatic carbocycles. The first kappa shape index (κ1) is 25.5. The van der Waals surface area contributed by atoms with Crippen LogP contribution in [0.1, 0.15) is 63.6 Å². The zero-order valence-electron chi connectivity index (χ0n) is 20.0. The molecule has 9 heteroatoms. The van der Waals surface area contributed by atoms with Crippen LogP contribution in [0.5, 0.6) is 0 Å². The minimum atomic E-state index is -0.277. The van der Waals surface area contributed by atoms with E-state index >= 15 is 0 Å². The molecule has 0 N–H and O–H groups in total. The van der Waals surface area contributed by atoms with E-state index in [9.17, 15) is 14.9 Å². The highest BCUT2D eigenvalue weighted by atomic mass is 32.2. The molecule has 3 heterocycles. The number of rotatable bonds is 7. The maximum Gasteiger partial charge on any atom is 0.270 e. The van der Waals surface area contributed by atoms with Crippen molar-refractivity contribution in [1.82, 2.24) is 9.47 Å². The highest BCUT2D eigenvalue weighted by molar-refractivity contribution is 8.26. The van der Waals surface area contributed by atoms with Crippen LogP contribution in [0.25, 0.3) is 6.08 Å². The predicted molar refractivity (Wildman–Crippen MR) is 137 cm³/mol. The fourth-order valence-electron chi connectivity index (χ4n) is 4.41. The van der Waals surface area contributed by atoms with Gasteiger partial charge in [-0.2, -0.15) is 5.26 Å². The summed E-state index contributed by atoms with van der Waals surface area (Å²) in [5.41, 5.74) is 1.18. The zero-order valence-corrected chi connectivity index (χ0v) is 21.6. The van der Waals surface area contributed by atoms with Crippen LogP contribution in [-0.2, 0) is 16.1 Å². The fourth-order valence-corrected chi connectivity index (χ4v) is 5.70. The van der Waals surface area contributed by atoms with Gasteiger partial charge in [-0.05, 0) is 45.3 Å². The number of amides is 1. The van der Waals surface area contributed by atoms with E-state index in [1.165, 1.54) is 11.8 Å². The molecule has 178 valence electrons. The van der Waals surface area contributed by atoms with E-state index in [0.29, 0.717) is 41.0 Å². The third-order valence-corrected chi connectivity index (χ3v) is 7.27. The highest BCUT2D eigenvalue weighted by Gasteiger charge is 2.33. The van der Waals surface area contributed by atoms with E-state index in [-0.39, 0.29) is 29.2 Å². The number of aromatic nitrogens is 1. The molecule has 2 atom stereocenters. The molecule has 1 aromatic rings. The molecule has 0 radical (unpaired) electrons. The number of thiocarbonyl (C=S) groups is 1. The Labute approximate surface area is 205 Å². The van der Waals surface area contributed by atoms with Crippen LogP contribution in [0.3, 0.4) is 0 Å². The van der Waals surface area contributed by atoms with Crippen LogP contribution in [0.2, 0.25) is 0 Å². The van der Waals surface area contributed by atoms with Crippen LogP contribution >= 0.6 is 24.0 Å². The Morgan fingerprint density at radius 2 is 1.85 bits per heavy atom. The molecule has 3 rings (SSSR count). The van der Waals surface area contributed by atoms with Crippen LogP contribution in [-0.4, -0.2) is 51.5 Å². The standard InChI is InChI=1S/C24H32N4O3S2/c1-6-8-10-27-21(26-13-15(3)31-16(4)14-26)18(17(5)19(12-25)22(27)29)11-20-23(30)28(9-7-2)24(32)33-20/h11,15-16H,6-10,13-14H2,1-5H3/b20-11-. The van der Waals surface area contributed by atoms with Crippen molar-refractivity contribution >= 4 is 46.1 Å².